The van der Waals surface area contributed by atoms with Gasteiger partial charge in [0.1, 0.15) is 5.75 Å². The lowest BCUT2D eigenvalue weighted by atomic mass is 9.91. The standard InChI is InChI=1S/C22H28N4O2/c1-28-19-8-4-6-17(14-19)21-22(24-10-9-23-21)18-7-5-13-26(15-18)20(27)16-25-11-2-3-12-25/h4,6,8-10,14,18H,2-3,5,7,11-13,15-16H2,1H3/t18-/m1/s1. The van der Waals surface area contributed by atoms with Crippen LogP contribution in [0.25, 0.3) is 11.3 Å². The van der Waals surface area contributed by atoms with E-state index in [9.17, 15) is 4.79 Å². The Hall–Kier alpha value is -2.47. The highest BCUT2D eigenvalue weighted by Crippen LogP contribution is 2.33. The molecule has 0 unspecified atom stereocenters. The average Bonchev–Trinajstić information content (AvgIpc) is 3.27. The Balaban J connectivity index is 1.53. The fourth-order valence-corrected chi connectivity index (χ4v) is 4.30. The maximum absolute atomic E-state index is 12.8. The van der Waals surface area contributed by atoms with Crippen molar-refractivity contribution in [1.82, 2.24) is 19.8 Å². The minimum atomic E-state index is 0.214. The van der Waals surface area contributed by atoms with Crippen molar-refractivity contribution in [2.24, 2.45) is 0 Å². The second-order valence-electron chi connectivity index (χ2n) is 7.68. The molecule has 1 aromatic heterocycles. The summed E-state index contributed by atoms with van der Waals surface area (Å²) < 4.78 is 5.37. The van der Waals surface area contributed by atoms with Crippen molar-refractivity contribution in [3.05, 3.63) is 42.4 Å². The maximum Gasteiger partial charge on any atom is 0.236 e. The molecule has 4 rings (SSSR count). The van der Waals surface area contributed by atoms with E-state index >= 15 is 0 Å². The zero-order chi connectivity index (χ0) is 19.3. The fourth-order valence-electron chi connectivity index (χ4n) is 4.30. The third-order valence-corrected chi connectivity index (χ3v) is 5.79. The van der Waals surface area contributed by atoms with E-state index in [1.54, 1.807) is 19.5 Å². The molecule has 0 aliphatic carbocycles. The number of ether oxygens (including phenoxy) is 1. The smallest absolute Gasteiger partial charge is 0.236 e. The summed E-state index contributed by atoms with van der Waals surface area (Å²) in [4.78, 5) is 26.4. The van der Waals surface area contributed by atoms with Crippen LogP contribution in [-0.2, 0) is 4.79 Å². The van der Waals surface area contributed by atoms with E-state index in [1.165, 1.54) is 12.8 Å². The first kappa shape index (κ1) is 18.9. The molecule has 2 aliphatic rings. The quantitative estimate of drug-likeness (QED) is 0.798. The zero-order valence-corrected chi connectivity index (χ0v) is 16.5. The number of amides is 1. The number of nitrogens with zero attached hydrogens (tertiary/aromatic N) is 4. The lowest BCUT2D eigenvalue weighted by Gasteiger charge is -2.34. The molecular formula is C22H28N4O2. The van der Waals surface area contributed by atoms with Gasteiger partial charge >= 0.3 is 0 Å². The molecule has 0 bridgehead atoms. The SMILES string of the molecule is COc1cccc(-c2nccnc2[C@@H]2CCCN(C(=O)CN3CCCC3)C2)c1. The summed E-state index contributed by atoms with van der Waals surface area (Å²) in [6.45, 7) is 4.22. The van der Waals surface area contributed by atoms with Gasteiger partial charge in [0, 0.05) is 37.0 Å². The monoisotopic (exact) mass is 380 g/mol. The van der Waals surface area contributed by atoms with E-state index in [0.717, 1.165) is 61.7 Å². The molecule has 2 fully saturated rings. The first-order valence-electron chi connectivity index (χ1n) is 10.2. The second-order valence-corrected chi connectivity index (χ2v) is 7.68. The number of carbonyl (C=O) groups is 1. The van der Waals surface area contributed by atoms with Crippen molar-refractivity contribution in [2.75, 3.05) is 39.8 Å². The van der Waals surface area contributed by atoms with Gasteiger partial charge in [0.05, 0.1) is 25.0 Å². The van der Waals surface area contributed by atoms with Crippen LogP contribution in [0, 0.1) is 0 Å². The van der Waals surface area contributed by atoms with Crippen LogP contribution in [0.2, 0.25) is 0 Å². The molecule has 6 heteroatoms. The average molecular weight is 380 g/mol. The van der Waals surface area contributed by atoms with Gasteiger partial charge in [-0.3, -0.25) is 19.7 Å². The van der Waals surface area contributed by atoms with Crippen LogP contribution < -0.4 is 4.74 Å². The molecule has 2 aromatic rings. The third kappa shape index (κ3) is 4.17. The first-order valence-corrected chi connectivity index (χ1v) is 10.2. The van der Waals surface area contributed by atoms with Gasteiger partial charge in [-0.25, -0.2) is 0 Å². The number of hydrogen-bond acceptors (Lipinski definition) is 5. The van der Waals surface area contributed by atoms with Gasteiger partial charge in [0.25, 0.3) is 0 Å². The highest BCUT2D eigenvalue weighted by Gasteiger charge is 2.29. The molecule has 1 aromatic carbocycles. The zero-order valence-electron chi connectivity index (χ0n) is 16.5. The second kappa shape index (κ2) is 8.69. The van der Waals surface area contributed by atoms with Crippen LogP contribution in [0.4, 0.5) is 0 Å². The Bertz CT molecular complexity index is 820. The topological polar surface area (TPSA) is 58.6 Å². The van der Waals surface area contributed by atoms with Gasteiger partial charge in [0.2, 0.25) is 5.91 Å². The van der Waals surface area contributed by atoms with Crippen molar-refractivity contribution < 1.29 is 9.53 Å². The lowest BCUT2D eigenvalue weighted by Crippen LogP contribution is -2.44. The number of methoxy groups -OCH3 is 1. The minimum absolute atomic E-state index is 0.214. The van der Waals surface area contributed by atoms with Crippen molar-refractivity contribution in [1.29, 1.82) is 0 Å². The summed E-state index contributed by atoms with van der Waals surface area (Å²) in [5, 5.41) is 0. The molecule has 0 spiro atoms. The number of likely N-dealkylation sites (tertiary alicyclic amines) is 2. The molecule has 2 aliphatic heterocycles. The minimum Gasteiger partial charge on any atom is -0.497 e. The van der Waals surface area contributed by atoms with Gasteiger partial charge in [-0.2, -0.15) is 0 Å². The summed E-state index contributed by atoms with van der Waals surface area (Å²) in [7, 11) is 1.67. The van der Waals surface area contributed by atoms with Crippen LogP contribution in [-0.4, -0.2) is 65.5 Å². The van der Waals surface area contributed by atoms with Crippen molar-refractivity contribution in [2.45, 2.75) is 31.6 Å². The summed E-state index contributed by atoms with van der Waals surface area (Å²) in [5.74, 6) is 1.27. The van der Waals surface area contributed by atoms with E-state index in [-0.39, 0.29) is 11.8 Å². The fraction of sp³-hybridized carbons (Fsp3) is 0.500. The predicted molar refractivity (Wildman–Crippen MR) is 108 cm³/mol. The van der Waals surface area contributed by atoms with Crippen LogP contribution in [0.15, 0.2) is 36.7 Å². The number of benzene rings is 1. The summed E-state index contributed by atoms with van der Waals surface area (Å²) in [5.41, 5.74) is 2.87. The molecule has 0 radical (unpaired) electrons. The van der Waals surface area contributed by atoms with Gasteiger partial charge < -0.3 is 9.64 Å². The van der Waals surface area contributed by atoms with Crippen LogP contribution in [0.1, 0.15) is 37.3 Å². The van der Waals surface area contributed by atoms with Gasteiger partial charge in [-0.15, -0.1) is 0 Å². The number of piperidine rings is 1. The highest BCUT2D eigenvalue weighted by atomic mass is 16.5. The van der Waals surface area contributed by atoms with Crippen LogP contribution in [0.3, 0.4) is 0 Å². The molecular weight excluding hydrogens is 352 g/mol. The molecule has 28 heavy (non-hydrogen) atoms. The Morgan fingerprint density at radius 1 is 1.14 bits per heavy atom. The van der Waals surface area contributed by atoms with Crippen molar-refractivity contribution in [3.63, 3.8) is 0 Å². The molecule has 2 saturated heterocycles. The molecule has 1 amide bonds. The number of aromatic nitrogens is 2. The Labute approximate surface area is 166 Å². The van der Waals surface area contributed by atoms with Gasteiger partial charge in [0.15, 0.2) is 0 Å². The summed E-state index contributed by atoms with van der Waals surface area (Å²) in [6.07, 6.45) is 7.94. The third-order valence-electron chi connectivity index (χ3n) is 5.79. The molecule has 6 nitrogen and oxygen atoms in total. The molecule has 1 atom stereocenters. The highest BCUT2D eigenvalue weighted by molar-refractivity contribution is 5.78. The van der Waals surface area contributed by atoms with Crippen LogP contribution in [0.5, 0.6) is 5.75 Å². The van der Waals surface area contributed by atoms with E-state index < -0.39 is 0 Å². The molecule has 3 heterocycles. The first-order chi connectivity index (χ1) is 13.7. The lowest BCUT2D eigenvalue weighted by molar-refractivity contribution is -0.133. The normalized spacial score (nSPS) is 20.3. The Kier molecular flexibility index (Phi) is 5.86. The van der Waals surface area contributed by atoms with Gasteiger partial charge in [-0.1, -0.05) is 12.1 Å². The number of rotatable bonds is 5. The number of carbonyl (C=O) groups excluding carboxylic acids is 1. The van der Waals surface area contributed by atoms with E-state index in [0.29, 0.717) is 6.54 Å². The largest absolute Gasteiger partial charge is 0.497 e. The summed E-state index contributed by atoms with van der Waals surface area (Å²) >= 11 is 0. The van der Waals surface area contributed by atoms with Gasteiger partial charge in [-0.05, 0) is 50.9 Å². The van der Waals surface area contributed by atoms with Crippen LogP contribution >= 0.6 is 0 Å². The van der Waals surface area contributed by atoms with Crippen molar-refractivity contribution >= 4 is 5.91 Å². The van der Waals surface area contributed by atoms with E-state index in [2.05, 4.69) is 14.9 Å². The summed E-state index contributed by atoms with van der Waals surface area (Å²) in [6, 6.07) is 7.93. The Morgan fingerprint density at radius 2 is 1.96 bits per heavy atom. The predicted octanol–water partition coefficient (Wildman–Crippen LogP) is 2.95. The molecule has 0 N–H and O–H groups in total. The Morgan fingerprint density at radius 3 is 2.79 bits per heavy atom. The van der Waals surface area contributed by atoms with Crippen molar-refractivity contribution in [3.8, 4) is 17.0 Å². The molecule has 0 saturated carbocycles. The molecule has 148 valence electrons. The number of hydrogen-bond donors (Lipinski definition) is 0. The van der Waals surface area contributed by atoms with E-state index in [4.69, 9.17) is 4.74 Å². The van der Waals surface area contributed by atoms with E-state index in [1.807, 2.05) is 29.2 Å². The maximum atomic E-state index is 12.8.